The number of carbonyl (C=O) groups is 1. The summed E-state index contributed by atoms with van der Waals surface area (Å²) in [6, 6.07) is 0. The van der Waals surface area contributed by atoms with E-state index in [-0.39, 0.29) is 0 Å². The number of unbranched alkanes of at least 4 members (excludes halogenated alkanes) is 14. The molecule has 0 bridgehead atoms. The maximum atomic E-state index is 11.9. The molecule has 1 N–H and O–H groups in total. The average molecular weight is 413 g/mol. The van der Waals surface area contributed by atoms with Gasteiger partial charge in [-0.3, -0.25) is 0 Å². The summed E-state index contributed by atoms with van der Waals surface area (Å²) in [4.78, 5) is 11.9. The Bertz CT molecular complexity index is 343. The summed E-state index contributed by atoms with van der Waals surface area (Å²) in [7, 11) is 0. The van der Waals surface area contributed by atoms with Crippen LogP contribution in [0.5, 0.6) is 0 Å². The van der Waals surface area contributed by atoms with Crippen LogP contribution in [0.1, 0.15) is 143 Å². The van der Waals surface area contributed by atoms with Crippen molar-refractivity contribution in [1.82, 2.24) is 0 Å². The molecule has 2 atom stereocenters. The van der Waals surface area contributed by atoms with Crippen molar-refractivity contribution < 1.29 is 14.6 Å². The van der Waals surface area contributed by atoms with Crippen LogP contribution in [-0.4, -0.2) is 23.8 Å². The van der Waals surface area contributed by atoms with Gasteiger partial charge in [-0.2, -0.15) is 0 Å². The molecule has 0 fully saturated rings. The topological polar surface area (TPSA) is 46.5 Å². The summed E-state index contributed by atoms with van der Waals surface area (Å²) in [6.07, 6.45) is 22.5. The summed E-state index contributed by atoms with van der Waals surface area (Å²) >= 11 is 0. The van der Waals surface area contributed by atoms with Crippen molar-refractivity contribution in [1.29, 1.82) is 0 Å². The van der Waals surface area contributed by atoms with Gasteiger partial charge < -0.3 is 9.84 Å². The molecule has 0 rings (SSSR count). The Hall–Kier alpha value is -0.570. The van der Waals surface area contributed by atoms with Crippen LogP contribution >= 0.6 is 0 Å². The van der Waals surface area contributed by atoms with Gasteiger partial charge in [0.05, 0.1) is 6.61 Å². The zero-order valence-electron chi connectivity index (χ0n) is 20.1. The Labute approximate surface area is 182 Å². The van der Waals surface area contributed by atoms with E-state index in [1.807, 2.05) is 0 Å². The van der Waals surface area contributed by atoms with E-state index in [0.29, 0.717) is 18.9 Å². The van der Waals surface area contributed by atoms with E-state index in [1.54, 1.807) is 0 Å². The standard InChI is InChI=1S/C26H52O3/c1-4-7-9-10-11-12-13-14-15-16-17-18-19-20-22-25(27)26(28)29-23-24(6-3)21-8-5-2/h24-25,27H,4-23H2,1-3H3. The number of ether oxygens (including phenoxy) is 1. The molecule has 0 aromatic heterocycles. The number of hydrogen-bond donors (Lipinski definition) is 1. The molecule has 0 saturated heterocycles. The van der Waals surface area contributed by atoms with E-state index < -0.39 is 12.1 Å². The normalized spacial score (nSPS) is 13.4. The lowest BCUT2D eigenvalue weighted by atomic mass is 10.0. The van der Waals surface area contributed by atoms with E-state index in [2.05, 4.69) is 20.8 Å². The molecule has 0 aliphatic rings. The molecular weight excluding hydrogens is 360 g/mol. The average Bonchev–Trinajstić information content (AvgIpc) is 2.73. The fourth-order valence-electron chi connectivity index (χ4n) is 3.84. The lowest BCUT2D eigenvalue weighted by molar-refractivity contribution is -0.155. The number of esters is 1. The Morgan fingerprint density at radius 3 is 1.55 bits per heavy atom. The molecule has 29 heavy (non-hydrogen) atoms. The van der Waals surface area contributed by atoms with Crippen LogP contribution < -0.4 is 0 Å². The smallest absolute Gasteiger partial charge is 0.334 e. The van der Waals surface area contributed by atoms with Crippen LogP contribution in [0.15, 0.2) is 0 Å². The van der Waals surface area contributed by atoms with Gasteiger partial charge in [0.25, 0.3) is 0 Å². The van der Waals surface area contributed by atoms with Crippen LogP contribution in [0.3, 0.4) is 0 Å². The molecule has 174 valence electrons. The maximum absolute atomic E-state index is 11.9. The quantitative estimate of drug-likeness (QED) is 0.145. The maximum Gasteiger partial charge on any atom is 0.334 e. The van der Waals surface area contributed by atoms with Gasteiger partial charge in [-0.25, -0.2) is 4.79 Å². The molecule has 0 aromatic rings. The molecule has 2 unspecified atom stereocenters. The Morgan fingerprint density at radius 1 is 0.655 bits per heavy atom. The summed E-state index contributed by atoms with van der Waals surface area (Å²) in [5, 5.41) is 10.00. The van der Waals surface area contributed by atoms with Crippen molar-refractivity contribution in [3.05, 3.63) is 0 Å². The number of rotatable bonds is 22. The molecule has 0 amide bonds. The second kappa shape index (κ2) is 22.1. The summed E-state index contributed by atoms with van der Waals surface area (Å²) < 4.78 is 5.33. The Balaban J connectivity index is 3.43. The predicted octanol–water partition coefficient (Wildman–Crippen LogP) is 7.98. The van der Waals surface area contributed by atoms with E-state index >= 15 is 0 Å². The largest absolute Gasteiger partial charge is 0.463 e. The summed E-state index contributed by atoms with van der Waals surface area (Å²) in [5.41, 5.74) is 0. The highest BCUT2D eigenvalue weighted by Crippen LogP contribution is 2.15. The van der Waals surface area contributed by atoms with Gasteiger partial charge in [-0.1, -0.05) is 130 Å². The van der Waals surface area contributed by atoms with Gasteiger partial charge >= 0.3 is 5.97 Å². The second-order valence-electron chi connectivity index (χ2n) is 8.95. The second-order valence-corrected chi connectivity index (χ2v) is 8.95. The minimum Gasteiger partial charge on any atom is -0.463 e. The van der Waals surface area contributed by atoms with Gasteiger partial charge in [0.2, 0.25) is 0 Å². The van der Waals surface area contributed by atoms with Crippen LogP contribution in [0.4, 0.5) is 0 Å². The lowest BCUT2D eigenvalue weighted by Gasteiger charge is -2.16. The van der Waals surface area contributed by atoms with E-state index in [1.165, 1.54) is 89.9 Å². The first-order chi connectivity index (χ1) is 14.2. The van der Waals surface area contributed by atoms with Crippen LogP contribution in [0.25, 0.3) is 0 Å². The molecule has 0 spiro atoms. The van der Waals surface area contributed by atoms with Crippen molar-refractivity contribution in [2.24, 2.45) is 5.92 Å². The molecular formula is C26H52O3. The minimum atomic E-state index is -0.934. The molecule has 0 radical (unpaired) electrons. The van der Waals surface area contributed by atoms with Gasteiger partial charge in [-0.05, 0) is 18.8 Å². The molecule has 3 heteroatoms. The highest BCUT2D eigenvalue weighted by molar-refractivity contribution is 5.74. The lowest BCUT2D eigenvalue weighted by Crippen LogP contribution is -2.25. The molecule has 3 nitrogen and oxygen atoms in total. The first-order valence-corrected chi connectivity index (χ1v) is 13.0. The Morgan fingerprint density at radius 2 is 1.10 bits per heavy atom. The monoisotopic (exact) mass is 412 g/mol. The number of aliphatic hydroxyl groups is 1. The number of hydrogen-bond acceptors (Lipinski definition) is 3. The van der Waals surface area contributed by atoms with Gasteiger partial charge in [0.15, 0.2) is 6.10 Å². The molecule has 0 aliphatic carbocycles. The fourth-order valence-corrected chi connectivity index (χ4v) is 3.84. The fraction of sp³-hybridized carbons (Fsp3) is 0.962. The predicted molar refractivity (Wildman–Crippen MR) is 125 cm³/mol. The minimum absolute atomic E-state index is 0.422. The Kier molecular flexibility index (Phi) is 21.7. The third kappa shape index (κ3) is 19.2. The first-order valence-electron chi connectivity index (χ1n) is 13.0. The van der Waals surface area contributed by atoms with Crippen molar-refractivity contribution in [2.45, 2.75) is 149 Å². The van der Waals surface area contributed by atoms with Crippen molar-refractivity contribution in [2.75, 3.05) is 6.61 Å². The number of aliphatic hydroxyl groups excluding tert-OH is 1. The molecule has 0 saturated carbocycles. The third-order valence-corrected chi connectivity index (χ3v) is 6.11. The van der Waals surface area contributed by atoms with Crippen molar-refractivity contribution in [3.63, 3.8) is 0 Å². The summed E-state index contributed by atoms with van der Waals surface area (Å²) in [5.74, 6) is 0.0156. The molecule has 0 heterocycles. The van der Waals surface area contributed by atoms with Crippen LogP contribution in [-0.2, 0) is 9.53 Å². The van der Waals surface area contributed by atoms with Crippen LogP contribution in [0, 0.1) is 5.92 Å². The van der Waals surface area contributed by atoms with Crippen LogP contribution in [0.2, 0.25) is 0 Å². The highest BCUT2D eigenvalue weighted by Gasteiger charge is 2.17. The first kappa shape index (κ1) is 28.4. The van der Waals surface area contributed by atoms with Gasteiger partial charge in [-0.15, -0.1) is 0 Å². The zero-order chi connectivity index (χ0) is 21.6. The van der Waals surface area contributed by atoms with E-state index in [0.717, 1.165) is 25.7 Å². The van der Waals surface area contributed by atoms with Gasteiger partial charge in [0.1, 0.15) is 0 Å². The SMILES string of the molecule is CCCCCCCCCCCCCCCCC(O)C(=O)OCC(CC)CCCC. The number of carbonyl (C=O) groups excluding carboxylic acids is 1. The third-order valence-electron chi connectivity index (χ3n) is 6.11. The van der Waals surface area contributed by atoms with Gasteiger partial charge in [0, 0.05) is 0 Å². The molecule has 0 aromatic carbocycles. The van der Waals surface area contributed by atoms with E-state index in [4.69, 9.17) is 4.74 Å². The zero-order valence-corrected chi connectivity index (χ0v) is 20.1. The van der Waals surface area contributed by atoms with E-state index in [9.17, 15) is 9.90 Å². The summed E-state index contributed by atoms with van der Waals surface area (Å²) in [6.45, 7) is 7.05. The van der Waals surface area contributed by atoms with Crippen molar-refractivity contribution in [3.8, 4) is 0 Å². The molecule has 0 aliphatic heterocycles. The van der Waals surface area contributed by atoms with Crippen molar-refractivity contribution >= 4 is 5.97 Å². The highest BCUT2D eigenvalue weighted by atomic mass is 16.5.